The van der Waals surface area contributed by atoms with Gasteiger partial charge in [0.05, 0.1) is 24.9 Å². The van der Waals surface area contributed by atoms with Gasteiger partial charge in [-0.2, -0.15) is 0 Å². The van der Waals surface area contributed by atoms with Crippen molar-refractivity contribution in [1.29, 1.82) is 0 Å². The van der Waals surface area contributed by atoms with Crippen molar-refractivity contribution < 1.29 is 23.5 Å². The molecule has 2 rings (SSSR count). The minimum atomic E-state index is -0.575. The number of nitrogens with zero attached hydrogens (tertiary/aromatic N) is 1. The first-order chi connectivity index (χ1) is 12.9. The molecule has 0 saturated carbocycles. The summed E-state index contributed by atoms with van der Waals surface area (Å²) in [6.45, 7) is 3.81. The monoisotopic (exact) mass is 372 g/mol. The van der Waals surface area contributed by atoms with Crippen LogP contribution in [0.3, 0.4) is 0 Å². The molecule has 0 bridgehead atoms. The number of carbonyl (C=O) groups is 3. The van der Waals surface area contributed by atoms with E-state index in [0.717, 1.165) is 5.56 Å². The van der Waals surface area contributed by atoms with Gasteiger partial charge in [-0.3, -0.25) is 9.59 Å². The largest absolute Gasteiger partial charge is 0.467 e. The topological polar surface area (TPSA) is 88.9 Å². The molecular weight excluding hydrogens is 348 g/mol. The zero-order valence-corrected chi connectivity index (χ0v) is 15.7. The predicted molar refractivity (Wildman–Crippen MR) is 99.0 cm³/mol. The fraction of sp³-hybridized carbons (Fsp3) is 0.350. The maximum absolute atomic E-state index is 12.0. The smallest absolute Gasteiger partial charge is 0.338 e. The van der Waals surface area contributed by atoms with Gasteiger partial charge in [-0.25, -0.2) is 4.79 Å². The average molecular weight is 372 g/mol. The molecule has 2 amide bonds. The maximum atomic E-state index is 12.0. The molecule has 0 aliphatic rings. The molecule has 1 N–H and O–H groups in total. The van der Waals surface area contributed by atoms with Crippen LogP contribution in [0.15, 0.2) is 47.1 Å². The Hall–Kier alpha value is -3.09. The van der Waals surface area contributed by atoms with Gasteiger partial charge in [-0.1, -0.05) is 26.0 Å². The lowest BCUT2D eigenvalue weighted by atomic mass is 10.0. The average Bonchev–Trinajstić information content (AvgIpc) is 3.17. The summed E-state index contributed by atoms with van der Waals surface area (Å²) >= 11 is 0. The SMILES string of the molecule is CC(C)c1ccc(C(=O)OCC(=O)N(C)CC(=O)NCc2ccco2)cc1. The summed E-state index contributed by atoms with van der Waals surface area (Å²) in [4.78, 5) is 37.1. The fourth-order valence-electron chi connectivity index (χ4n) is 2.28. The predicted octanol–water partition coefficient (Wildman–Crippen LogP) is 2.33. The van der Waals surface area contributed by atoms with Crippen LogP contribution in [0.5, 0.6) is 0 Å². The van der Waals surface area contributed by atoms with Gasteiger partial charge >= 0.3 is 5.97 Å². The fourth-order valence-corrected chi connectivity index (χ4v) is 2.28. The van der Waals surface area contributed by atoms with Crippen LogP contribution >= 0.6 is 0 Å². The van der Waals surface area contributed by atoms with E-state index >= 15 is 0 Å². The second-order valence-corrected chi connectivity index (χ2v) is 6.46. The van der Waals surface area contributed by atoms with Gasteiger partial charge < -0.3 is 19.4 Å². The number of hydrogen-bond donors (Lipinski definition) is 1. The summed E-state index contributed by atoms with van der Waals surface area (Å²) in [6, 6.07) is 10.5. The summed E-state index contributed by atoms with van der Waals surface area (Å²) in [5.74, 6) is -0.388. The number of benzene rings is 1. The Kier molecular flexibility index (Phi) is 7.16. The number of carbonyl (C=O) groups excluding carboxylic acids is 3. The van der Waals surface area contributed by atoms with Gasteiger partial charge in [0.1, 0.15) is 5.76 Å². The van der Waals surface area contributed by atoms with Crippen molar-refractivity contribution in [3.8, 4) is 0 Å². The minimum absolute atomic E-state index is 0.139. The molecule has 1 aromatic carbocycles. The van der Waals surface area contributed by atoms with Crippen molar-refractivity contribution in [2.24, 2.45) is 0 Å². The number of likely N-dealkylation sites (N-methyl/N-ethyl adjacent to an activating group) is 1. The van der Waals surface area contributed by atoms with Crippen molar-refractivity contribution in [1.82, 2.24) is 10.2 Å². The van der Waals surface area contributed by atoms with Crippen LogP contribution in [0.25, 0.3) is 0 Å². The Labute approximate surface area is 158 Å². The molecule has 0 fully saturated rings. The quantitative estimate of drug-likeness (QED) is 0.719. The van der Waals surface area contributed by atoms with E-state index in [9.17, 15) is 14.4 Å². The molecule has 0 spiro atoms. The highest BCUT2D eigenvalue weighted by atomic mass is 16.5. The second-order valence-electron chi connectivity index (χ2n) is 6.46. The van der Waals surface area contributed by atoms with Crippen LogP contribution in [0, 0.1) is 0 Å². The zero-order valence-electron chi connectivity index (χ0n) is 15.7. The third kappa shape index (κ3) is 6.29. The molecule has 7 nitrogen and oxygen atoms in total. The van der Waals surface area contributed by atoms with Crippen molar-refractivity contribution >= 4 is 17.8 Å². The summed E-state index contributed by atoms with van der Waals surface area (Å²) < 4.78 is 10.1. The van der Waals surface area contributed by atoms with E-state index in [1.807, 2.05) is 12.1 Å². The summed E-state index contributed by atoms with van der Waals surface area (Å²) in [5, 5.41) is 2.64. The molecular formula is C20H24N2O5. The molecule has 1 aromatic heterocycles. The Morgan fingerprint density at radius 3 is 2.44 bits per heavy atom. The molecule has 2 aromatic rings. The van der Waals surface area contributed by atoms with E-state index in [-0.39, 0.29) is 19.0 Å². The van der Waals surface area contributed by atoms with Crippen LogP contribution in [0.1, 0.15) is 41.4 Å². The van der Waals surface area contributed by atoms with Gasteiger partial charge in [-0.15, -0.1) is 0 Å². The van der Waals surface area contributed by atoms with Crippen molar-refractivity contribution in [2.45, 2.75) is 26.3 Å². The standard InChI is InChI=1S/C20H24N2O5/c1-14(2)15-6-8-16(9-7-15)20(25)27-13-19(24)22(3)12-18(23)21-11-17-5-4-10-26-17/h4-10,14H,11-13H2,1-3H3,(H,21,23). The number of ether oxygens (including phenoxy) is 1. The highest BCUT2D eigenvalue weighted by Gasteiger charge is 2.16. The summed E-state index contributed by atoms with van der Waals surface area (Å²) in [6.07, 6.45) is 1.52. The van der Waals surface area contributed by atoms with Crippen LogP contribution in [-0.4, -0.2) is 42.9 Å². The van der Waals surface area contributed by atoms with Crippen LogP contribution in [0.4, 0.5) is 0 Å². The van der Waals surface area contributed by atoms with Crippen molar-refractivity contribution in [2.75, 3.05) is 20.2 Å². The normalized spacial score (nSPS) is 10.5. The van der Waals surface area contributed by atoms with Crippen LogP contribution < -0.4 is 5.32 Å². The number of hydrogen-bond acceptors (Lipinski definition) is 5. The van der Waals surface area contributed by atoms with Crippen LogP contribution in [-0.2, 0) is 20.9 Å². The molecule has 0 radical (unpaired) electrons. The second kappa shape index (κ2) is 9.56. The number of esters is 1. The van der Waals surface area contributed by atoms with Crippen LogP contribution in [0.2, 0.25) is 0 Å². The number of nitrogens with one attached hydrogen (secondary N) is 1. The first-order valence-electron chi connectivity index (χ1n) is 8.67. The Balaban J connectivity index is 1.74. The van der Waals surface area contributed by atoms with E-state index in [0.29, 0.717) is 17.2 Å². The Bertz CT molecular complexity index is 766. The van der Waals surface area contributed by atoms with Gasteiger partial charge in [0.15, 0.2) is 6.61 Å². The third-order valence-electron chi connectivity index (χ3n) is 3.99. The van der Waals surface area contributed by atoms with E-state index in [2.05, 4.69) is 19.2 Å². The van der Waals surface area contributed by atoms with Gasteiger partial charge in [0.25, 0.3) is 5.91 Å². The van der Waals surface area contributed by atoms with Crippen molar-refractivity contribution in [3.05, 3.63) is 59.5 Å². The highest BCUT2D eigenvalue weighted by molar-refractivity contribution is 5.92. The highest BCUT2D eigenvalue weighted by Crippen LogP contribution is 2.15. The van der Waals surface area contributed by atoms with Gasteiger partial charge in [-0.05, 0) is 35.7 Å². The maximum Gasteiger partial charge on any atom is 0.338 e. The molecule has 7 heteroatoms. The van der Waals surface area contributed by atoms with Crippen molar-refractivity contribution in [3.63, 3.8) is 0 Å². The Morgan fingerprint density at radius 1 is 1.15 bits per heavy atom. The first-order valence-corrected chi connectivity index (χ1v) is 8.67. The lowest BCUT2D eigenvalue weighted by molar-refractivity contribution is -0.137. The minimum Gasteiger partial charge on any atom is -0.467 e. The lowest BCUT2D eigenvalue weighted by Crippen LogP contribution is -2.39. The first kappa shape index (κ1) is 20.2. The summed E-state index contributed by atoms with van der Waals surface area (Å²) in [7, 11) is 1.47. The molecule has 0 unspecified atom stereocenters. The van der Waals surface area contributed by atoms with E-state index < -0.39 is 18.5 Å². The van der Waals surface area contributed by atoms with E-state index in [1.165, 1.54) is 18.2 Å². The molecule has 27 heavy (non-hydrogen) atoms. The molecule has 0 aliphatic heterocycles. The molecule has 0 aliphatic carbocycles. The van der Waals surface area contributed by atoms with E-state index in [4.69, 9.17) is 9.15 Å². The number of amides is 2. The van der Waals surface area contributed by atoms with E-state index in [1.54, 1.807) is 24.3 Å². The zero-order chi connectivity index (χ0) is 19.8. The number of furan rings is 1. The molecule has 0 atom stereocenters. The van der Waals surface area contributed by atoms with Gasteiger partial charge in [0, 0.05) is 7.05 Å². The molecule has 1 heterocycles. The Morgan fingerprint density at radius 2 is 1.85 bits per heavy atom. The van der Waals surface area contributed by atoms with Gasteiger partial charge in [0.2, 0.25) is 5.91 Å². The molecule has 144 valence electrons. The number of rotatable bonds is 8. The molecule has 0 saturated heterocycles. The lowest BCUT2D eigenvalue weighted by Gasteiger charge is -2.16. The third-order valence-corrected chi connectivity index (χ3v) is 3.99. The summed E-state index contributed by atoms with van der Waals surface area (Å²) in [5.41, 5.74) is 1.49.